The molecule has 0 saturated heterocycles. The van der Waals surface area contributed by atoms with Gasteiger partial charge in [0.25, 0.3) is 0 Å². The molecule has 20 heavy (non-hydrogen) atoms. The van der Waals surface area contributed by atoms with Crippen LogP contribution in [0.5, 0.6) is 0 Å². The molecular weight excluding hydrogens is 272 g/mol. The van der Waals surface area contributed by atoms with Crippen LogP contribution in [0, 0.1) is 6.92 Å². The Bertz CT molecular complexity index is 578. The molecule has 0 fully saturated rings. The van der Waals surface area contributed by atoms with Gasteiger partial charge in [0.1, 0.15) is 5.01 Å². The maximum Gasteiger partial charge on any atom is 0.337 e. The molecule has 0 bridgehead atoms. The van der Waals surface area contributed by atoms with E-state index >= 15 is 0 Å². The van der Waals surface area contributed by atoms with Crippen LogP contribution < -0.4 is 5.32 Å². The van der Waals surface area contributed by atoms with Crippen LogP contribution in [0.1, 0.15) is 38.8 Å². The number of nitrogens with zero attached hydrogens (tertiary/aromatic N) is 1. The maximum atomic E-state index is 11.3. The zero-order chi connectivity index (χ0) is 14.5. The predicted octanol–water partition coefficient (Wildman–Crippen LogP) is 3.09. The van der Waals surface area contributed by atoms with E-state index in [2.05, 4.69) is 28.9 Å². The first-order valence-corrected chi connectivity index (χ1v) is 7.24. The van der Waals surface area contributed by atoms with Gasteiger partial charge in [0.2, 0.25) is 0 Å². The van der Waals surface area contributed by atoms with Crippen LogP contribution in [-0.4, -0.2) is 18.1 Å². The lowest BCUT2D eigenvalue weighted by Crippen LogP contribution is -2.17. The molecule has 1 N–H and O–H groups in total. The molecular formula is C15H18N2O2S. The molecule has 2 aromatic rings. The van der Waals surface area contributed by atoms with Crippen molar-refractivity contribution in [3.8, 4) is 0 Å². The van der Waals surface area contributed by atoms with Crippen molar-refractivity contribution in [3.05, 3.63) is 51.5 Å². The first kappa shape index (κ1) is 14.7. The normalized spacial score (nSPS) is 12.2. The largest absolute Gasteiger partial charge is 0.465 e. The highest BCUT2D eigenvalue weighted by molar-refractivity contribution is 7.11. The Morgan fingerprint density at radius 3 is 2.65 bits per heavy atom. The zero-order valence-electron chi connectivity index (χ0n) is 11.8. The van der Waals surface area contributed by atoms with E-state index in [0.29, 0.717) is 5.56 Å². The third-order valence-electron chi connectivity index (χ3n) is 3.00. The van der Waals surface area contributed by atoms with E-state index in [-0.39, 0.29) is 12.0 Å². The number of benzene rings is 1. The summed E-state index contributed by atoms with van der Waals surface area (Å²) in [5.74, 6) is -0.309. The third kappa shape index (κ3) is 3.65. The number of nitrogens with one attached hydrogen (secondary N) is 1. The Balaban J connectivity index is 1.92. The fourth-order valence-corrected chi connectivity index (χ4v) is 2.61. The second-order valence-corrected chi connectivity index (χ2v) is 5.87. The highest BCUT2D eigenvalue weighted by atomic mass is 32.1. The van der Waals surface area contributed by atoms with Crippen LogP contribution in [0.15, 0.2) is 30.5 Å². The van der Waals surface area contributed by atoms with Crippen LogP contribution in [-0.2, 0) is 11.3 Å². The minimum Gasteiger partial charge on any atom is -0.465 e. The summed E-state index contributed by atoms with van der Waals surface area (Å²) in [4.78, 5) is 16.9. The number of esters is 1. The van der Waals surface area contributed by atoms with Gasteiger partial charge < -0.3 is 10.1 Å². The maximum absolute atomic E-state index is 11.3. The van der Waals surface area contributed by atoms with E-state index < -0.39 is 0 Å². The van der Waals surface area contributed by atoms with Gasteiger partial charge in [-0.15, -0.1) is 11.3 Å². The van der Waals surface area contributed by atoms with E-state index in [9.17, 15) is 4.79 Å². The lowest BCUT2D eigenvalue weighted by molar-refractivity contribution is 0.0600. The molecule has 2 rings (SSSR count). The average Bonchev–Trinajstić information content (AvgIpc) is 2.91. The first-order valence-electron chi connectivity index (χ1n) is 6.43. The Morgan fingerprint density at radius 2 is 2.10 bits per heavy atom. The lowest BCUT2D eigenvalue weighted by Gasteiger charge is -2.11. The summed E-state index contributed by atoms with van der Waals surface area (Å²) in [5, 5.41) is 4.51. The van der Waals surface area contributed by atoms with E-state index in [1.165, 1.54) is 12.0 Å². The van der Waals surface area contributed by atoms with Crippen molar-refractivity contribution in [2.75, 3.05) is 7.11 Å². The molecule has 1 heterocycles. The van der Waals surface area contributed by atoms with Crippen molar-refractivity contribution in [1.29, 1.82) is 0 Å². The van der Waals surface area contributed by atoms with Crippen molar-refractivity contribution in [3.63, 3.8) is 0 Å². The second-order valence-electron chi connectivity index (χ2n) is 4.60. The fraction of sp³-hybridized carbons (Fsp3) is 0.333. The van der Waals surface area contributed by atoms with E-state index in [4.69, 9.17) is 0 Å². The molecule has 0 aliphatic carbocycles. The third-order valence-corrected chi connectivity index (χ3v) is 4.09. The quantitative estimate of drug-likeness (QED) is 0.860. The number of ether oxygens (including phenoxy) is 1. The molecule has 1 unspecified atom stereocenters. The Kier molecular flexibility index (Phi) is 4.87. The number of carbonyl (C=O) groups excluding carboxylic acids is 1. The summed E-state index contributed by atoms with van der Waals surface area (Å²) < 4.78 is 4.67. The number of carbonyl (C=O) groups is 1. The smallest absolute Gasteiger partial charge is 0.337 e. The van der Waals surface area contributed by atoms with Gasteiger partial charge in [0.15, 0.2) is 0 Å². The predicted molar refractivity (Wildman–Crippen MR) is 79.9 cm³/mol. The molecule has 106 valence electrons. The fourth-order valence-electron chi connectivity index (χ4n) is 1.81. The standard InChI is InChI=1S/C15H18N2O2S/c1-10-8-17-14(20-10)11(2)16-9-12-4-6-13(7-5-12)15(18)19-3/h4-8,11,16H,9H2,1-3H3. The average molecular weight is 290 g/mol. The Labute approximate surface area is 122 Å². The molecule has 5 heteroatoms. The number of methoxy groups -OCH3 is 1. The molecule has 1 aromatic heterocycles. The van der Waals surface area contributed by atoms with Crippen molar-refractivity contribution in [2.24, 2.45) is 0 Å². The molecule has 0 saturated carbocycles. The summed E-state index contributed by atoms with van der Waals surface area (Å²) >= 11 is 1.71. The van der Waals surface area contributed by atoms with E-state index in [1.807, 2.05) is 18.3 Å². The molecule has 4 nitrogen and oxygen atoms in total. The van der Waals surface area contributed by atoms with Gasteiger partial charge in [-0.3, -0.25) is 0 Å². The number of thiazole rings is 1. The minimum atomic E-state index is -0.309. The summed E-state index contributed by atoms with van der Waals surface area (Å²) in [6.07, 6.45) is 1.89. The van der Waals surface area contributed by atoms with Crippen molar-refractivity contribution >= 4 is 17.3 Å². The summed E-state index contributed by atoms with van der Waals surface area (Å²) in [6, 6.07) is 7.63. The van der Waals surface area contributed by atoms with Crippen LogP contribution in [0.2, 0.25) is 0 Å². The number of aryl methyl sites for hydroxylation is 1. The topological polar surface area (TPSA) is 51.2 Å². The number of hydrogen-bond donors (Lipinski definition) is 1. The van der Waals surface area contributed by atoms with Gasteiger partial charge in [-0.25, -0.2) is 9.78 Å². The summed E-state index contributed by atoms with van der Waals surface area (Å²) in [6.45, 7) is 4.89. The highest BCUT2D eigenvalue weighted by Crippen LogP contribution is 2.19. The van der Waals surface area contributed by atoms with Crippen LogP contribution in [0.25, 0.3) is 0 Å². The molecule has 1 atom stereocenters. The molecule has 0 amide bonds. The molecule has 0 aliphatic heterocycles. The summed E-state index contributed by atoms with van der Waals surface area (Å²) in [5.41, 5.74) is 1.69. The minimum absolute atomic E-state index is 0.217. The van der Waals surface area contributed by atoms with Crippen LogP contribution in [0.4, 0.5) is 0 Å². The lowest BCUT2D eigenvalue weighted by atomic mass is 10.1. The van der Waals surface area contributed by atoms with Crippen molar-refractivity contribution < 1.29 is 9.53 Å². The first-order chi connectivity index (χ1) is 9.60. The highest BCUT2D eigenvalue weighted by Gasteiger charge is 2.09. The molecule has 0 spiro atoms. The van der Waals surface area contributed by atoms with Crippen LogP contribution in [0.3, 0.4) is 0 Å². The molecule has 0 aliphatic rings. The Hall–Kier alpha value is -1.72. The van der Waals surface area contributed by atoms with Crippen molar-refractivity contribution in [1.82, 2.24) is 10.3 Å². The monoisotopic (exact) mass is 290 g/mol. The van der Waals surface area contributed by atoms with Gasteiger partial charge in [-0.1, -0.05) is 12.1 Å². The van der Waals surface area contributed by atoms with E-state index in [1.54, 1.807) is 23.5 Å². The van der Waals surface area contributed by atoms with Gasteiger partial charge in [0.05, 0.1) is 18.7 Å². The SMILES string of the molecule is COC(=O)c1ccc(CNC(C)c2ncc(C)s2)cc1. The van der Waals surface area contributed by atoms with Crippen LogP contribution >= 0.6 is 11.3 Å². The summed E-state index contributed by atoms with van der Waals surface area (Å²) in [7, 11) is 1.38. The molecule has 1 aromatic carbocycles. The Morgan fingerprint density at radius 1 is 1.40 bits per heavy atom. The zero-order valence-corrected chi connectivity index (χ0v) is 12.7. The number of rotatable bonds is 5. The number of hydrogen-bond acceptors (Lipinski definition) is 5. The van der Waals surface area contributed by atoms with Gasteiger partial charge in [-0.05, 0) is 31.5 Å². The van der Waals surface area contributed by atoms with Crippen molar-refractivity contribution in [2.45, 2.75) is 26.4 Å². The van der Waals surface area contributed by atoms with Gasteiger partial charge in [0, 0.05) is 17.6 Å². The second kappa shape index (κ2) is 6.63. The molecule has 0 radical (unpaired) electrons. The van der Waals surface area contributed by atoms with E-state index in [0.717, 1.165) is 17.1 Å². The van der Waals surface area contributed by atoms with Gasteiger partial charge >= 0.3 is 5.97 Å². The van der Waals surface area contributed by atoms with Gasteiger partial charge in [-0.2, -0.15) is 0 Å². The number of aromatic nitrogens is 1.